The van der Waals surface area contributed by atoms with E-state index in [0.717, 1.165) is 11.1 Å². The van der Waals surface area contributed by atoms with E-state index in [2.05, 4.69) is 10.0 Å². The van der Waals surface area contributed by atoms with Crippen LogP contribution in [0.3, 0.4) is 0 Å². The van der Waals surface area contributed by atoms with Crippen LogP contribution in [0.2, 0.25) is 0 Å². The van der Waals surface area contributed by atoms with E-state index in [0.29, 0.717) is 23.9 Å². The van der Waals surface area contributed by atoms with Crippen LogP contribution in [0.4, 0.5) is 0 Å². The first kappa shape index (κ1) is 25.1. The first-order valence-electron chi connectivity index (χ1n) is 10.6. The fourth-order valence-corrected chi connectivity index (χ4v) is 4.33. The maximum atomic E-state index is 12.5. The fraction of sp³-hybridized carbons (Fsp3) is 0.240. The largest absolute Gasteiger partial charge is 0.497 e. The Morgan fingerprint density at radius 2 is 1.59 bits per heavy atom. The van der Waals surface area contributed by atoms with Crippen LogP contribution in [-0.2, 0) is 28.0 Å². The molecule has 2 N–H and O–H groups in total. The molecule has 3 aromatic carbocycles. The average Bonchev–Trinajstić information content (AvgIpc) is 2.86. The highest BCUT2D eigenvalue weighted by Gasteiger charge is 2.22. The molecule has 0 heterocycles. The Balaban J connectivity index is 1.56. The van der Waals surface area contributed by atoms with Gasteiger partial charge in [-0.05, 0) is 54.4 Å². The van der Waals surface area contributed by atoms with Crippen LogP contribution in [-0.4, -0.2) is 34.6 Å². The molecule has 0 saturated carbocycles. The minimum absolute atomic E-state index is 0.0452. The molecule has 3 rings (SSSR count). The van der Waals surface area contributed by atoms with Crippen LogP contribution < -0.4 is 24.2 Å². The first-order valence-corrected chi connectivity index (χ1v) is 12.1. The molecule has 0 unspecified atom stereocenters. The van der Waals surface area contributed by atoms with Gasteiger partial charge in [-0.1, -0.05) is 36.4 Å². The molecule has 0 aliphatic heterocycles. The van der Waals surface area contributed by atoms with E-state index in [1.54, 1.807) is 31.4 Å². The summed E-state index contributed by atoms with van der Waals surface area (Å²) in [6.45, 7) is 2.08. The van der Waals surface area contributed by atoms with E-state index < -0.39 is 22.0 Å². The van der Waals surface area contributed by atoms with Crippen LogP contribution >= 0.6 is 0 Å². The molecule has 1 atom stereocenters. The molecule has 0 radical (unpaired) electrons. The molecule has 0 bridgehead atoms. The van der Waals surface area contributed by atoms with Crippen molar-refractivity contribution in [1.82, 2.24) is 10.0 Å². The minimum Gasteiger partial charge on any atom is -0.497 e. The van der Waals surface area contributed by atoms with E-state index >= 15 is 0 Å². The fourth-order valence-electron chi connectivity index (χ4n) is 3.13. The summed E-state index contributed by atoms with van der Waals surface area (Å²) in [5.74, 6) is 1.20. The lowest BCUT2D eigenvalue weighted by Gasteiger charge is -2.16. The summed E-state index contributed by atoms with van der Waals surface area (Å²) in [5.41, 5.74) is 1.81. The zero-order valence-corrected chi connectivity index (χ0v) is 20.1. The highest BCUT2D eigenvalue weighted by Crippen LogP contribution is 2.29. The van der Waals surface area contributed by atoms with Crippen molar-refractivity contribution in [2.45, 2.75) is 31.0 Å². The van der Waals surface area contributed by atoms with Crippen LogP contribution in [0.15, 0.2) is 77.7 Å². The number of ether oxygens (including phenoxy) is 3. The van der Waals surface area contributed by atoms with Crippen molar-refractivity contribution in [3.8, 4) is 17.2 Å². The van der Waals surface area contributed by atoms with Gasteiger partial charge in [0, 0.05) is 6.54 Å². The Morgan fingerprint density at radius 1 is 0.882 bits per heavy atom. The lowest BCUT2D eigenvalue weighted by Crippen LogP contribution is -2.44. The van der Waals surface area contributed by atoms with Gasteiger partial charge < -0.3 is 19.5 Å². The number of nitrogens with one attached hydrogen (secondary N) is 2. The third-order valence-electron chi connectivity index (χ3n) is 5.03. The van der Waals surface area contributed by atoms with E-state index in [1.807, 2.05) is 36.4 Å². The number of hydrogen-bond acceptors (Lipinski definition) is 6. The zero-order chi connectivity index (χ0) is 24.6. The predicted octanol–water partition coefficient (Wildman–Crippen LogP) is 3.27. The second-order valence-corrected chi connectivity index (χ2v) is 9.21. The van der Waals surface area contributed by atoms with Crippen molar-refractivity contribution in [2.24, 2.45) is 0 Å². The topological polar surface area (TPSA) is 103 Å². The predicted molar refractivity (Wildman–Crippen MR) is 128 cm³/mol. The number of hydrogen-bond donors (Lipinski definition) is 2. The summed E-state index contributed by atoms with van der Waals surface area (Å²) < 4.78 is 43.8. The molecule has 0 aliphatic carbocycles. The van der Waals surface area contributed by atoms with Gasteiger partial charge in [0.1, 0.15) is 12.4 Å². The molecule has 0 aromatic heterocycles. The highest BCUT2D eigenvalue weighted by atomic mass is 32.2. The van der Waals surface area contributed by atoms with Crippen molar-refractivity contribution >= 4 is 15.9 Å². The normalized spacial score (nSPS) is 12.0. The highest BCUT2D eigenvalue weighted by molar-refractivity contribution is 7.89. The van der Waals surface area contributed by atoms with Gasteiger partial charge in [-0.15, -0.1) is 0 Å². The third-order valence-corrected chi connectivity index (χ3v) is 6.58. The molecule has 0 spiro atoms. The van der Waals surface area contributed by atoms with Gasteiger partial charge in [0.15, 0.2) is 11.5 Å². The Morgan fingerprint density at radius 3 is 2.24 bits per heavy atom. The van der Waals surface area contributed by atoms with Gasteiger partial charge in [-0.3, -0.25) is 4.79 Å². The van der Waals surface area contributed by atoms with Gasteiger partial charge in [-0.25, -0.2) is 8.42 Å². The number of methoxy groups -OCH3 is 2. The second kappa shape index (κ2) is 11.5. The standard InChI is InChI=1S/C25H28N2O6S/c1-18(27-34(29,30)22-12-10-21(31-2)11-13-22)25(28)26-16-20-9-14-23(24(15-20)32-3)33-17-19-7-5-4-6-8-19/h4-15,18,27H,16-17H2,1-3H3,(H,26,28)/t18-/m0/s1. The number of benzene rings is 3. The van der Waals surface area contributed by atoms with Crippen LogP contribution in [0.1, 0.15) is 18.1 Å². The molecule has 8 nitrogen and oxygen atoms in total. The number of sulfonamides is 1. The van der Waals surface area contributed by atoms with Crippen LogP contribution in [0, 0.1) is 0 Å². The molecule has 0 saturated heterocycles. The van der Waals surface area contributed by atoms with Gasteiger partial charge in [0.05, 0.1) is 25.2 Å². The number of carbonyl (C=O) groups is 1. The average molecular weight is 485 g/mol. The Kier molecular flexibility index (Phi) is 8.50. The van der Waals surface area contributed by atoms with Crippen molar-refractivity contribution in [1.29, 1.82) is 0 Å². The number of amides is 1. The van der Waals surface area contributed by atoms with Crippen LogP contribution in [0.25, 0.3) is 0 Å². The quantitative estimate of drug-likeness (QED) is 0.433. The van der Waals surface area contributed by atoms with E-state index in [-0.39, 0.29) is 11.4 Å². The van der Waals surface area contributed by atoms with Crippen molar-refractivity contribution in [3.63, 3.8) is 0 Å². The molecule has 9 heteroatoms. The lowest BCUT2D eigenvalue weighted by atomic mass is 10.2. The summed E-state index contributed by atoms with van der Waals surface area (Å²) in [6.07, 6.45) is 0. The van der Waals surface area contributed by atoms with E-state index in [1.165, 1.54) is 26.2 Å². The molecular weight excluding hydrogens is 456 g/mol. The summed E-state index contributed by atoms with van der Waals surface area (Å²) >= 11 is 0. The maximum absolute atomic E-state index is 12.5. The van der Waals surface area contributed by atoms with Gasteiger partial charge >= 0.3 is 0 Å². The van der Waals surface area contributed by atoms with Crippen molar-refractivity contribution < 1.29 is 27.4 Å². The maximum Gasteiger partial charge on any atom is 0.241 e. The van der Waals surface area contributed by atoms with Crippen molar-refractivity contribution in [3.05, 3.63) is 83.9 Å². The third kappa shape index (κ3) is 6.72. The summed E-state index contributed by atoms with van der Waals surface area (Å²) in [7, 11) is -0.821. The summed E-state index contributed by atoms with van der Waals surface area (Å²) in [6, 6.07) is 20.1. The number of carbonyl (C=O) groups excluding carboxylic acids is 1. The van der Waals surface area contributed by atoms with Gasteiger partial charge in [-0.2, -0.15) is 4.72 Å². The molecule has 1 amide bonds. The minimum atomic E-state index is -3.86. The Bertz CT molecular complexity index is 1200. The van der Waals surface area contributed by atoms with Gasteiger partial charge in [0.25, 0.3) is 0 Å². The molecule has 34 heavy (non-hydrogen) atoms. The molecule has 0 aliphatic rings. The smallest absolute Gasteiger partial charge is 0.241 e. The monoisotopic (exact) mass is 484 g/mol. The number of rotatable bonds is 11. The molecular formula is C25H28N2O6S. The SMILES string of the molecule is COc1ccc(S(=O)(=O)N[C@@H](C)C(=O)NCc2ccc(OCc3ccccc3)c(OC)c2)cc1. The van der Waals surface area contributed by atoms with Crippen molar-refractivity contribution in [2.75, 3.05) is 14.2 Å². The zero-order valence-electron chi connectivity index (χ0n) is 19.3. The summed E-state index contributed by atoms with van der Waals surface area (Å²) in [4.78, 5) is 12.5. The first-order chi connectivity index (χ1) is 16.3. The van der Waals surface area contributed by atoms with Gasteiger partial charge in [0.2, 0.25) is 15.9 Å². The van der Waals surface area contributed by atoms with Crippen LogP contribution in [0.5, 0.6) is 17.2 Å². The molecule has 180 valence electrons. The summed E-state index contributed by atoms with van der Waals surface area (Å²) in [5, 5.41) is 2.74. The molecule has 3 aromatic rings. The second-order valence-electron chi connectivity index (χ2n) is 7.50. The van der Waals surface area contributed by atoms with E-state index in [9.17, 15) is 13.2 Å². The Labute approximate surface area is 199 Å². The molecule has 0 fully saturated rings. The van der Waals surface area contributed by atoms with E-state index in [4.69, 9.17) is 14.2 Å². The lowest BCUT2D eigenvalue weighted by molar-refractivity contribution is -0.122. The Hall–Kier alpha value is -3.56.